The first-order valence-electron chi connectivity index (χ1n) is 7.42. The SMILES string of the molecule is COc1ccccc1CCNCc1cc(Br)c(OC)c(OC)c1.Cl. The predicted molar refractivity (Wildman–Crippen MR) is 103 cm³/mol. The van der Waals surface area contributed by atoms with E-state index in [1.807, 2.05) is 30.3 Å². The van der Waals surface area contributed by atoms with Gasteiger partial charge in [-0.3, -0.25) is 0 Å². The molecule has 2 aromatic rings. The van der Waals surface area contributed by atoms with Crippen LogP contribution in [0.5, 0.6) is 17.2 Å². The molecule has 0 radical (unpaired) electrons. The Kier molecular flexibility index (Phi) is 8.97. The van der Waals surface area contributed by atoms with Gasteiger partial charge in [-0.1, -0.05) is 18.2 Å². The number of nitrogens with one attached hydrogen (secondary N) is 1. The summed E-state index contributed by atoms with van der Waals surface area (Å²) in [6.07, 6.45) is 0.915. The number of halogens is 2. The number of ether oxygens (including phenoxy) is 3. The summed E-state index contributed by atoms with van der Waals surface area (Å²) >= 11 is 3.51. The molecule has 4 nitrogen and oxygen atoms in total. The van der Waals surface area contributed by atoms with Gasteiger partial charge < -0.3 is 19.5 Å². The molecule has 6 heteroatoms. The third-order valence-corrected chi connectivity index (χ3v) is 4.18. The first-order chi connectivity index (χ1) is 11.2. The van der Waals surface area contributed by atoms with Crippen LogP contribution in [0.3, 0.4) is 0 Å². The Hall–Kier alpha value is -1.43. The summed E-state index contributed by atoms with van der Waals surface area (Å²) in [5.74, 6) is 2.37. The lowest BCUT2D eigenvalue weighted by atomic mass is 10.1. The number of hydrogen-bond acceptors (Lipinski definition) is 4. The van der Waals surface area contributed by atoms with Crippen molar-refractivity contribution in [1.29, 1.82) is 0 Å². The molecule has 0 spiro atoms. The van der Waals surface area contributed by atoms with E-state index >= 15 is 0 Å². The van der Waals surface area contributed by atoms with Crippen molar-refractivity contribution < 1.29 is 14.2 Å². The number of rotatable bonds is 8. The molecule has 0 aromatic heterocycles. The van der Waals surface area contributed by atoms with Gasteiger partial charge in [-0.25, -0.2) is 0 Å². The molecule has 0 aliphatic carbocycles. The van der Waals surface area contributed by atoms with Gasteiger partial charge >= 0.3 is 0 Å². The zero-order chi connectivity index (χ0) is 16.7. The van der Waals surface area contributed by atoms with E-state index in [0.717, 1.165) is 41.0 Å². The van der Waals surface area contributed by atoms with Crippen LogP contribution < -0.4 is 19.5 Å². The summed E-state index contributed by atoms with van der Waals surface area (Å²) in [6.45, 7) is 1.63. The highest BCUT2D eigenvalue weighted by Crippen LogP contribution is 2.36. The summed E-state index contributed by atoms with van der Waals surface area (Å²) < 4.78 is 16.9. The summed E-state index contributed by atoms with van der Waals surface area (Å²) in [7, 11) is 4.98. The molecule has 0 amide bonds. The van der Waals surface area contributed by atoms with E-state index in [1.54, 1.807) is 21.3 Å². The average molecular weight is 417 g/mol. The van der Waals surface area contributed by atoms with Crippen LogP contribution in [0, 0.1) is 0 Å². The number of hydrogen-bond donors (Lipinski definition) is 1. The van der Waals surface area contributed by atoms with Crippen molar-refractivity contribution >= 4 is 28.3 Å². The van der Waals surface area contributed by atoms with Gasteiger partial charge in [0.2, 0.25) is 0 Å². The normalized spacial score (nSPS) is 10.0. The van der Waals surface area contributed by atoms with E-state index in [2.05, 4.69) is 27.3 Å². The molecule has 2 aromatic carbocycles. The Bertz CT molecular complexity index is 652. The molecule has 24 heavy (non-hydrogen) atoms. The first-order valence-corrected chi connectivity index (χ1v) is 8.22. The van der Waals surface area contributed by atoms with Gasteiger partial charge in [0.25, 0.3) is 0 Å². The second-order valence-corrected chi connectivity index (χ2v) is 5.91. The van der Waals surface area contributed by atoms with Crippen molar-refractivity contribution in [2.45, 2.75) is 13.0 Å². The number of para-hydroxylation sites is 1. The Morgan fingerprint density at radius 2 is 1.67 bits per heavy atom. The van der Waals surface area contributed by atoms with E-state index < -0.39 is 0 Å². The Morgan fingerprint density at radius 1 is 0.958 bits per heavy atom. The second-order valence-electron chi connectivity index (χ2n) is 5.05. The molecule has 0 saturated carbocycles. The molecular weight excluding hydrogens is 394 g/mol. The summed E-state index contributed by atoms with van der Waals surface area (Å²) in [5.41, 5.74) is 2.34. The van der Waals surface area contributed by atoms with Gasteiger partial charge in [-0.15, -0.1) is 12.4 Å². The highest BCUT2D eigenvalue weighted by Gasteiger charge is 2.10. The maximum absolute atomic E-state index is 5.37. The molecule has 0 saturated heterocycles. The van der Waals surface area contributed by atoms with Crippen LogP contribution in [0.1, 0.15) is 11.1 Å². The second kappa shape index (κ2) is 10.4. The highest BCUT2D eigenvalue weighted by molar-refractivity contribution is 9.10. The monoisotopic (exact) mass is 415 g/mol. The molecule has 0 unspecified atom stereocenters. The first kappa shape index (κ1) is 20.6. The Balaban J connectivity index is 0.00000288. The zero-order valence-corrected chi connectivity index (χ0v) is 16.5. The van der Waals surface area contributed by atoms with Gasteiger partial charge in [0.05, 0.1) is 25.8 Å². The molecule has 0 atom stereocenters. The third kappa shape index (κ3) is 5.30. The molecular formula is C18H23BrClNO3. The van der Waals surface area contributed by atoms with E-state index in [9.17, 15) is 0 Å². The number of methoxy groups -OCH3 is 3. The fourth-order valence-electron chi connectivity index (χ4n) is 2.44. The van der Waals surface area contributed by atoms with Crippen molar-refractivity contribution in [1.82, 2.24) is 5.32 Å². The van der Waals surface area contributed by atoms with Gasteiger partial charge in [0, 0.05) is 6.54 Å². The van der Waals surface area contributed by atoms with Crippen LogP contribution in [0.2, 0.25) is 0 Å². The smallest absolute Gasteiger partial charge is 0.174 e. The molecule has 0 aliphatic heterocycles. The van der Waals surface area contributed by atoms with Crippen LogP contribution in [-0.4, -0.2) is 27.9 Å². The average Bonchev–Trinajstić information content (AvgIpc) is 2.58. The maximum Gasteiger partial charge on any atom is 0.174 e. The molecule has 0 heterocycles. The van der Waals surface area contributed by atoms with Gasteiger partial charge in [-0.05, 0) is 58.2 Å². The van der Waals surface area contributed by atoms with E-state index in [4.69, 9.17) is 14.2 Å². The highest BCUT2D eigenvalue weighted by atomic mass is 79.9. The lowest BCUT2D eigenvalue weighted by Gasteiger charge is -2.13. The van der Waals surface area contributed by atoms with Crippen LogP contribution in [0.15, 0.2) is 40.9 Å². The molecule has 0 fully saturated rings. The summed E-state index contributed by atoms with van der Waals surface area (Å²) in [6, 6.07) is 12.1. The van der Waals surface area contributed by atoms with Gasteiger partial charge in [0.15, 0.2) is 11.5 Å². The van der Waals surface area contributed by atoms with E-state index in [0.29, 0.717) is 5.75 Å². The lowest BCUT2D eigenvalue weighted by Crippen LogP contribution is -2.17. The quantitative estimate of drug-likeness (QED) is 0.654. The van der Waals surface area contributed by atoms with Gasteiger partial charge in [-0.2, -0.15) is 0 Å². The Labute approximate surface area is 158 Å². The van der Waals surface area contributed by atoms with Gasteiger partial charge in [0.1, 0.15) is 5.75 Å². The molecule has 1 N–H and O–H groups in total. The minimum absolute atomic E-state index is 0. The minimum Gasteiger partial charge on any atom is -0.496 e. The van der Waals surface area contributed by atoms with E-state index in [1.165, 1.54) is 5.56 Å². The van der Waals surface area contributed by atoms with Crippen molar-refractivity contribution in [3.05, 3.63) is 52.0 Å². The fourth-order valence-corrected chi connectivity index (χ4v) is 3.09. The van der Waals surface area contributed by atoms with Crippen molar-refractivity contribution in [3.63, 3.8) is 0 Å². The molecule has 132 valence electrons. The summed E-state index contributed by atoms with van der Waals surface area (Å²) in [5, 5.41) is 3.44. The number of benzene rings is 2. The van der Waals surface area contributed by atoms with Crippen LogP contribution in [-0.2, 0) is 13.0 Å². The fraction of sp³-hybridized carbons (Fsp3) is 0.333. The molecule has 0 bridgehead atoms. The standard InChI is InChI=1S/C18H22BrNO3.ClH/c1-21-16-7-5-4-6-14(16)8-9-20-12-13-10-15(19)18(23-3)17(11-13)22-2;/h4-7,10-11,20H,8-9,12H2,1-3H3;1H. The van der Waals surface area contributed by atoms with Crippen LogP contribution in [0.4, 0.5) is 0 Å². The molecule has 0 aliphatic rings. The van der Waals surface area contributed by atoms with Crippen molar-refractivity contribution in [2.75, 3.05) is 27.9 Å². The molecule has 2 rings (SSSR count). The third-order valence-electron chi connectivity index (χ3n) is 3.59. The predicted octanol–water partition coefficient (Wildman–Crippen LogP) is 4.23. The van der Waals surface area contributed by atoms with E-state index in [-0.39, 0.29) is 12.4 Å². The van der Waals surface area contributed by atoms with Crippen molar-refractivity contribution in [3.8, 4) is 17.2 Å². The topological polar surface area (TPSA) is 39.7 Å². The minimum atomic E-state index is 0. The zero-order valence-electron chi connectivity index (χ0n) is 14.1. The van der Waals surface area contributed by atoms with Crippen LogP contribution >= 0.6 is 28.3 Å². The Morgan fingerprint density at radius 3 is 2.33 bits per heavy atom. The van der Waals surface area contributed by atoms with Crippen LogP contribution in [0.25, 0.3) is 0 Å². The maximum atomic E-state index is 5.37. The largest absolute Gasteiger partial charge is 0.496 e. The lowest BCUT2D eigenvalue weighted by molar-refractivity contribution is 0.352. The van der Waals surface area contributed by atoms with Crippen molar-refractivity contribution in [2.24, 2.45) is 0 Å². The summed E-state index contributed by atoms with van der Waals surface area (Å²) in [4.78, 5) is 0.